The maximum Gasteiger partial charge on any atom is 0.0878 e. The first-order valence-corrected chi connectivity index (χ1v) is 10.7. The number of hydrogen-bond acceptors (Lipinski definition) is 0. The third kappa shape index (κ3) is 3.64. The van der Waals surface area contributed by atoms with Crippen molar-refractivity contribution >= 4 is 39.8 Å². The van der Waals surface area contributed by atoms with E-state index >= 15 is 0 Å². The molecule has 3 aromatic carbocycles. The lowest BCUT2D eigenvalue weighted by atomic mass is 10.2. The summed E-state index contributed by atoms with van der Waals surface area (Å²) in [4.78, 5) is 0. The molecule has 0 N–H and O–H groups in total. The summed E-state index contributed by atoms with van der Waals surface area (Å²) in [5.74, 6) is 0. The van der Waals surface area contributed by atoms with Crippen LogP contribution in [0.4, 0.5) is 0 Å². The summed E-state index contributed by atoms with van der Waals surface area (Å²) in [6.45, 7) is 4.45. The Morgan fingerprint density at radius 3 is 1.23 bits per heavy atom. The molecule has 0 aliphatic carbocycles. The Morgan fingerprint density at radius 1 is 0.500 bits per heavy atom. The standard InChI is InChI=1S/C20H22Si2/c1-15-7-3-5-9-19(15)21-17-11-13-18(14-12-17)22-20-10-6-4-8-16(20)2/h3-14H,21-22H2,1-2H3. The van der Waals surface area contributed by atoms with E-state index in [1.54, 1.807) is 10.4 Å². The average Bonchev–Trinajstić information content (AvgIpc) is 2.54. The number of aryl methyl sites for hydroxylation is 2. The highest BCUT2D eigenvalue weighted by atomic mass is 28.2. The Hall–Kier alpha value is -1.91. The second-order valence-corrected chi connectivity index (χ2v) is 9.89. The molecule has 2 heteroatoms. The summed E-state index contributed by atoms with van der Waals surface area (Å²) in [6, 6.07) is 27.0. The Balaban J connectivity index is 1.73. The molecule has 3 aromatic rings. The van der Waals surface area contributed by atoms with Gasteiger partial charge in [0, 0.05) is 0 Å². The van der Waals surface area contributed by atoms with Gasteiger partial charge in [0.15, 0.2) is 0 Å². The smallest absolute Gasteiger partial charge is 0.0634 e. The van der Waals surface area contributed by atoms with Gasteiger partial charge in [0.25, 0.3) is 0 Å². The molecule has 0 fully saturated rings. The molecule has 22 heavy (non-hydrogen) atoms. The zero-order chi connectivity index (χ0) is 15.4. The summed E-state index contributed by atoms with van der Waals surface area (Å²) < 4.78 is 0. The lowest BCUT2D eigenvalue weighted by Gasteiger charge is -2.08. The van der Waals surface area contributed by atoms with Gasteiger partial charge >= 0.3 is 0 Å². The SMILES string of the molecule is Cc1ccccc1[SiH2]c1ccc([SiH2]c2ccccc2C)cc1. The molecular formula is C20H22Si2. The molecule has 3 rings (SSSR count). The van der Waals surface area contributed by atoms with Gasteiger partial charge in [-0.15, -0.1) is 0 Å². The summed E-state index contributed by atoms with van der Waals surface area (Å²) in [5, 5.41) is 6.20. The van der Waals surface area contributed by atoms with E-state index in [4.69, 9.17) is 0 Å². The van der Waals surface area contributed by atoms with Crippen molar-refractivity contribution < 1.29 is 0 Å². The van der Waals surface area contributed by atoms with E-state index in [2.05, 4.69) is 86.6 Å². The van der Waals surface area contributed by atoms with Crippen molar-refractivity contribution in [1.29, 1.82) is 0 Å². The maximum absolute atomic E-state index is 2.36. The second-order valence-electron chi connectivity index (χ2n) is 6.02. The number of rotatable bonds is 4. The molecule has 0 unspecified atom stereocenters. The van der Waals surface area contributed by atoms with Crippen LogP contribution in [0.25, 0.3) is 0 Å². The van der Waals surface area contributed by atoms with Gasteiger partial charge in [0.2, 0.25) is 0 Å². The van der Waals surface area contributed by atoms with Crippen LogP contribution in [-0.2, 0) is 0 Å². The van der Waals surface area contributed by atoms with Gasteiger partial charge in [-0.1, -0.05) is 105 Å². The Kier molecular flexibility index (Phi) is 4.71. The molecule has 0 radical (unpaired) electrons. The van der Waals surface area contributed by atoms with Gasteiger partial charge in [0.1, 0.15) is 0 Å². The summed E-state index contributed by atoms with van der Waals surface area (Å²) in [6.07, 6.45) is 0. The molecule has 0 saturated carbocycles. The molecule has 0 bridgehead atoms. The van der Waals surface area contributed by atoms with Crippen molar-refractivity contribution in [1.82, 2.24) is 0 Å². The lowest BCUT2D eigenvalue weighted by Crippen LogP contribution is -2.32. The fourth-order valence-electron chi connectivity index (χ4n) is 2.83. The van der Waals surface area contributed by atoms with Gasteiger partial charge in [-0.3, -0.25) is 0 Å². The fourth-order valence-corrected chi connectivity index (χ4v) is 5.96. The molecule has 0 amide bonds. The quantitative estimate of drug-likeness (QED) is 0.616. The van der Waals surface area contributed by atoms with Gasteiger partial charge in [-0.25, -0.2) is 0 Å². The number of benzene rings is 3. The van der Waals surface area contributed by atoms with Gasteiger partial charge in [-0.05, 0) is 13.8 Å². The van der Waals surface area contributed by atoms with E-state index in [9.17, 15) is 0 Å². The molecule has 0 saturated heterocycles. The fraction of sp³-hybridized carbons (Fsp3) is 0.100. The van der Waals surface area contributed by atoms with E-state index in [0.29, 0.717) is 0 Å². The van der Waals surface area contributed by atoms with Crippen molar-refractivity contribution in [2.75, 3.05) is 0 Å². The van der Waals surface area contributed by atoms with Crippen molar-refractivity contribution in [3.8, 4) is 0 Å². The molecule has 0 heterocycles. The first kappa shape index (κ1) is 15.0. The second kappa shape index (κ2) is 6.90. The van der Waals surface area contributed by atoms with Crippen molar-refractivity contribution in [2.24, 2.45) is 0 Å². The summed E-state index contributed by atoms with van der Waals surface area (Å²) in [7, 11) is -0.684. The monoisotopic (exact) mass is 318 g/mol. The van der Waals surface area contributed by atoms with Crippen LogP contribution in [0.15, 0.2) is 72.8 Å². The Bertz CT molecular complexity index is 694. The molecular weight excluding hydrogens is 296 g/mol. The van der Waals surface area contributed by atoms with Gasteiger partial charge in [0.05, 0.1) is 19.0 Å². The average molecular weight is 319 g/mol. The molecule has 0 atom stereocenters. The lowest BCUT2D eigenvalue weighted by molar-refractivity contribution is 1.51. The highest BCUT2D eigenvalue weighted by Crippen LogP contribution is 1.94. The third-order valence-corrected chi connectivity index (χ3v) is 8.44. The van der Waals surface area contributed by atoms with Gasteiger partial charge < -0.3 is 0 Å². The van der Waals surface area contributed by atoms with Crippen molar-refractivity contribution in [3.63, 3.8) is 0 Å². The first-order valence-electron chi connectivity index (χ1n) is 7.89. The summed E-state index contributed by atoms with van der Waals surface area (Å²) >= 11 is 0. The molecule has 110 valence electrons. The van der Waals surface area contributed by atoms with Crippen LogP contribution in [0.5, 0.6) is 0 Å². The minimum absolute atomic E-state index is 0.342. The van der Waals surface area contributed by atoms with Crippen LogP contribution in [0, 0.1) is 13.8 Å². The molecule has 0 aliphatic rings. The predicted octanol–water partition coefficient (Wildman–Crippen LogP) is 0.543. The summed E-state index contributed by atoms with van der Waals surface area (Å²) in [5.41, 5.74) is 2.88. The van der Waals surface area contributed by atoms with Gasteiger partial charge in [-0.2, -0.15) is 0 Å². The van der Waals surface area contributed by atoms with Crippen LogP contribution in [-0.4, -0.2) is 19.0 Å². The zero-order valence-electron chi connectivity index (χ0n) is 13.3. The first-order chi connectivity index (χ1) is 10.7. The molecule has 0 aromatic heterocycles. The minimum atomic E-state index is -0.342. The Labute approximate surface area is 137 Å². The largest absolute Gasteiger partial charge is 0.0878 e. The normalized spacial score (nSPS) is 11.7. The topological polar surface area (TPSA) is 0 Å². The van der Waals surface area contributed by atoms with E-state index < -0.39 is 0 Å². The van der Waals surface area contributed by atoms with Crippen LogP contribution in [0.1, 0.15) is 11.1 Å². The maximum atomic E-state index is 2.36. The molecule has 0 spiro atoms. The number of hydrogen-bond donors (Lipinski definition) is 0. The van der Waals surface area contributed by atoms with E-state index in [0.717, 1.165) is 0 Å². The van der Waals surface area contributed by atoms with Crippen LogP contribution in [0.2, 0.25) is 0 Å². The Morgan fingerprint density at radius 2 is 0.864 bits per heavy atom. The van der Waals surface area contributed by atoms with Crippen molar-refractivity contribution in [2.45, 2.75) is 13.8 Å². The van der Waals surface area contributed by atoms with Crippen LogP contribution in [0.3, 0.4) is 0 Å². The van der Waals surface area contributed by atoms with Crippen LogP contribution < -0.4 is 20.7 Å². The molecule has 0 aliphatic heterocycles. The van der Waals surface area contributed by atoms with E-state index in [1.165, 1.54) is 21.5 Å². The highest BCUT2D eigenvalue weighted by molar-refractivity contribution is 6.69. The molecule has 0 nitrogen and oxygen atoms in total. The van der Waals surface area contributed by atoms with E-state index in [-0.39, 0.29) is 19.0 Å². The minimum Gasteiger partial charge on any atom is -0.0634 e. The predicted molar refractivity (Wildman–Crippen MR) is 104 cm³/mol. The zero-order valence-corrected chi connectivity index (χ0v) is 16.2. The third-order valence-electron chi connectivity index (χ3n) is 4.33. The highest BCUT2D eigenvalue weighted by Gasteiger charge is 2.03. The van der Waals surface area contributed by atoms with Crippen molar-refractivity contribution in [3.05, 3.63) is 83.9 Å². The van der Waals surface area contributed by atoms with E-state index in [1.807, 2.05) is 0 Å². The van der Waals surface area contributed by atoms with Crippen LogP contribution >= 0.6 is 0 Å².